The molecule has 0 fully saturated rings. The predicted molar refractivity (Wildman–Crippen MR) is 141 cm³/mol. The summed E-state index contributed by atoms with van der Waals surface area (Å²) in [6.07, 6.45) is 0. The lowest BCUT2D eigenvalue weighted by Crippen LogP contribution is -2.15. The van der Waals surface area contributed by atoms with Gasteiger partial charge in [0.15, 0.2) is 11.0 Å². The molecule has 0 atom stereocenters. The van der Waals surface area contributed by atoms with Crippen molar-refractivity contribution in [3.8, 4) is 5.69 Å². The summed E-state index contributed by atoms with van der Waals surface area (Å²) in [6, 6.07) is 31.5. The van der Waals surface area contributed by atoms with Crippen LogP contribution in [0.2, 0.25) is 0 Å². The Balaban J connectivity index is 1.25. The molecule has 2 aromatic heterocycles. The van der Waals surface area contributed by atoms with Gasteiger partial charge in [-0.2, -0.15) is 0 Å². The second kappa shape index (κ2) is 9.63. The average Bonchev–Trinajstić information content (AvgIpc) is 3.52. The van der Waals surface area contributed by atoms with Crippen LogP contribution in [0.25, 0.3) is 27.5 Å². The Morgan fingerprint density at radius 1 is 0.806 bits per heavy atom. The normalized spacial score (nSPS) is 11.2. The van der Waals surface area contributed by atoms with E-state index < -0.39 is 0 Å². The largest absolute Gasteiger partial charge is 0.325 e. The van der Waals surface area contributed by atoms with Gasteiger partial charge in [0.2, 0.25) is 5.91 Å². The molecule has 0 aliphatic carbocycles. The van der Waals surface area contributed by atoms with Crippen LogP contribution in [0.5, 0.6) is 0 Å². The Labute approximate surface area is 211 Å². The third-order valence-electron chi connectivity index (χ3n) is 5.82. The number of thioether (sulfide) groups is 1. The lowest BCUT2D eigenvalue weighted by atomic mass is 10.1. The number of rotatable bonds is 7. The van der Waals surface area contributed by atoms with E-state index in [1.165, 1.54) is 11.8 Å². The summed E-state index contributed by atoms with van der Waals surface area (Å²) in [6.45, 7) is 0.394. The van der Waals surface area contributed by atoms with Crippen LogP contribution >= 0.6 is 11.8 Å². The zero-order chi connectivity index (χ0) is 24.3. The van der Waals surface area contributed by atoms with Crippen molar-refractivity contribution in [2.45, 2.75) is 11.7 Å². The Morgan fingerprint density at radius 3 is 2.50 bits per heavy atom. The molecule has 0 saturated heterocycles. The van der Waals surface area contributed by atoms with Gasteiger partial charge >= 0.3 is 0 Å². The number of fused-ring (bicyclic) bond motifs is 2. The molecule has 0 radical (unpaired) electrons. The van der Waals surface area contributed by atoms with E-state index in [4.69, 9.17) is 0 Å². The van der Waals surface area contributed by atoms with E-state index in [9.17, 15) is 4.79 Å². The number of hydrogen-bond donors (Lipinski definition) is 1. The summed E-state index contributed by atoms with van der Waals surface area (Å²) in [4.78, 5) is 12.9. The van der Waals surface area contributed by atoms with E-state index in [2.05, 4.69) is 25.8 Å². The first kappa shape index (κ1) is 22.0. The highest BCUT2D eigenvalue weighted by Crippen LogP contribution is 2.26. The Bertz CT molecular complexity index is 1670. The van der Waals surface area contributed by atoms with Crippen molar-refractivity contribution in [1.29, 1.82) is 0 Å². The van der Waals surface area contributed by atoms with E-state index in [0.29, 0.717) is 17.5 Å². The second-order valence-electron chi connectivity index (χ2n) is 8.17. The van der Waals surface area contributed by atoms with Gasteiger partial charge in [0.1, 0.15) is 12.1 Å². The van der Waals surface area contributed by atoms with Crippen molar-refractivity contribution >= 4 is 45.2 Å². The van der Waals surface area contributed by atoms with Crippen molar-refractivity contribution in [3.63, 3.8) is 0 Å². The van der Waals surface area contributed by atoms with Gasteiger partial charge in [-0.3, -0.25) is 9.36 Å². The summed E-state index contributed by atoms with van der Waals surface area (Å²) in [5.74, 6) is 0.789. The highest BCUT2D eigenvalue weighted by Gasteiger charge is 2.18. The van der Waals surface area contributed by atoms with Gasteiger partial charge < -0.3 is 5.32 Å². The molecule has 8 nitrogen and oxygen atoms in total. The zero-order valence-corrected chi connectivity index (χ0v) is 20.0. The first-order valence-corrected chi connectivity index (χ1v) is 12.4. The molecule has 0 aliphatic rings. The molecule has 0 spiro atoms. The average molecular weight is 492 g/mol. The van der Waals surface area contributed by atoms with Crippen molar-refractivity contribution in [3.05, 3.63) is 103 Å². The molecule has 176 valence electrons. The van der Waals surface area contributed by atoms with Crippen molar-refractivity contribution < 1.29 is 4.79 Å². The van der Waals surface area contributed by atoms with E-state index in [-0.39, 0.29) is 11.7 Å². The van der Waals surface area contributed by atoms with Gasteiger partial charge in [0.05, 0.1) is 11.3 Å². The van der Waals surface area contributed by atoms with Gasteiger partial charge in [0.25, 0.3) is 0 Å². The molecule has 36 heavy (non-hydrogen) atoms. The minimum absolute atomic E-state index is 0.109. The lowest BCUT2D eigenvalue weighted by Gasteiger charge is -2.11. The summed E-state index contributed by atoms with van der Waals surface area (Å²) in [7, 11) is 0. The molecule has 4 aromatic carbocycles. The van der Waals surface area contributed by atoms with Crippen LogP contribution < -0.4 is 5.32 Å². The number of carbonyl (C=O) groups is 1. The maximum absolute atomic E-state index is 12.9. The molecule has 0 unspecified atom stereocenters. The lowest BCUT2D eigenvalue weighted by molar-refractivity contribution is -0.113. The third-order valence-corrected chi connectivity index (χ3v) is 6.75. The van der Waals surface area contributed by atoms with Gasteiger partial charge in [-0.15, -0.1) is 15.3 Å². The van der Waals surface area contributed by atoms with Gasteiger partial charge in [0, 0.05) is 16.8 Å². The highest BCUT2D eigenvalue weighted by molar-refractivity contribution is 7.99. The minimum atomic E-state index is -0.109. The molecule has 6 aromatic rings. The number of benzene rings is 4. The predicted octanol–water partition coefficient (Wildman–Crippen LogP) is 4.94. The van der Waals surface area contributed by atoms with E-state index >= 15 is 0 Å². The summed E-state index contributed by atoms with van der Waals surface area (Å²) >= 11 is 1.34. The SMILES string of the molecule is O=C(CSc1nnc(Cn2nnc3ccccc32)n1-c1ccccc1)Nc1cccc2ccccc12. The van der Waals surface area contributed by atoms with Gasteiger partial charge in [-0.05, 0) is 35.7 Å². The first-order valence-electron chi connectivity index (χ1n) is 11.4. The van der Waals surface area contributed by atoms with Crippen LogP contribution in [-0.2, 0) is 11.3 Å². The van der Waals surface area contributed by atoms with E-state index in [1.54, 1.807) is 4.68 Å². The minimum Gasteiger partial charge on any atom is -0.325 e. The fourth-order valence-electron chi connectivity index (χ4n) is 4.15. The molecule has 0 bridgehead atoms. The quantitative estimate of drug-likeness (QED) is 0.318. The van der Waals surface area contributed by atoms with Crippen LogP contribution in [-0.4, -0.2) is 41.4 Å². The monoisotopic (exact) mass is 491 g/mol. The first-order chi connectivity index (χ1) is 17.8. The van der Waals surface area contributed by atoms with Crippen LogP contribution in [0, 0.1) is 0 Å². The number of anilines is 1. The topological polar surface area (TPSA) is 90.5 Å². The Kier molecular flexibility index (Phi) is 5.88. The molecule has 2 heterocycles. The molecule has 6 rings (SSSR count). The Hall–Kier alpha value is -4.50. The summed E-state index contributed by atoms with van der Waals surface area (Å²) in [5, 5.41) is 23.2. The Morgan fingerprint density at radius 2 is 1.58 bits per heavy atom. The van der Waals surface area contributed by atoms with E-state index in [0.717, 1.165) is 33.2 Å². The smallest absolute Gasteiger partial charge is 0.234 e. The molecular weight excluding hydrogens is 470 g/mol. The number of aromatic nitrogens is 6. The standard InChI is InChI=1S/C27H21N7OS/c35-26(28-22-15-8-10-19-9-4-5-13-21(19)22)18-36-27-31-30-25(34(27)20-11-2-1-3-12-20)17-33-24-16-7-6-14-23(24)29-32-33/h1-16H,17-18H2,(H,28,35). The summed E-state index contributed by atoms with van der Waals surface area (Å²) < 4.78 is 3.77. The van der Waals surface area contributed by atoms with Gasteiger partial charge in [-0.1, -0.05) is 83.7 Å². The van der Waals surface area contributed by atoms with Crippen LogP contribution in [0.4, 0.5) is 5.69 Å². The fraction of sp³-hybridized carbons (Fsp3) is 0.0741. The zero-order valence-electron chi connectivity index (χ0n) is 19.2. The van der Waals surface area contributed by atoms with Crippen LogP contribution in [0.3, 0.4) is 0 Å². The maximum atomic E-state index is 12.9. The van der Waals surface area contributed by atoms with Crippen molar-refractivity contribution in [2.75, 3.05) is 11.1 Å². The van der Waals surface area contributed by atoms with E-state index in [1.807, 2.05) is 102 Å². The molecule has 0 aliphatic heterocycles. The number of para-hydroxylation sites is 2. The third kappa shape index (κ3) is 4.32. The fourth-order valence-corrected chi connectivity index (χ4v) is 4.92. The number of amides is 1. The number of carbonyl (C=O) groups excluding carboxylic acids is 1. The van der Waals surface area contributed by atoms with Crippen LogP contribution in [0.15, 0.2) is 102 Å². The molecular formula is C27H21N7OS. The highest BCUT2D eigenvalue weighted by atomic mass is 32.2. The number of hydrogen-bond acceptors (Lipinski definition) is 6. The number of nitrogens with zero attached hydrogens (tertiary/aromatic N) is 6. The van der Waals surface area contributed by atoms with Crippen molar-refractivity contribution in [2.24, 2.45) is 0 Å². The molecule has 1 N–H and O–H groups in total. The summed E-state index contributed by atoms with van der Waals surface area (Å²) in [5.41, 5.74) is 3.45. The maximum Gasteiger partial charge on any atom is 0.234 e. The number of nitrogens with one attached hydrogen (secondary N) is 1. The van der Waals surface area contributed by atoms with Crippen molar-refractivity contribution in [1.82, 2.24) is 29.8 Å². The molecule has 1 amide bonds. The molecule has 0 saturated carbocycles. The molecule has 9 heteroatoms. The second-order valence-corrected chi connectivity index (χ2v) is 9.11. The van der Waals surface area contributed by atoms with Gasteiger partial charge in [-0.25, -0.2) is 4.68 Å². The van der Waals surface area contributed by atoms with Crippen LogP contribution in [0.1, 0.15) is 5.82 Å².